The SMILES string of the molecule is [Mg+2].[Se-2].[Se-2].[Zn+2]. The third-order valence-corrected chi connectivity index (χ3v) is 0. The second-order valence-corrected chi connectivity index (χ2v) is 0. The molecular formula is MgSe2Zn. The summed E-state index contributed by atoms with van der Waals surface area (Å²) < 4.78 is 0. The first-order chi connectivity index (χ1) is 0. The summed E-state index contributed by atoms with van der Waals surface area (Å²) in [7, 11) is 0. The molecule has 0 saturated carbocycles. The molecule has 0 saturated heterocycles. The predicted octanol–water partition coefficient (Wildman–Crippen LogP) is -1.14. The van der Waals surface area contributed by atoms with Crippen LogP contribution in [-0.2, 0) is 19.5 Å². The molecule has 0 N–H and O–H groups in total. The topological polar surface area (TPSA) is 0 Å². The summed E-state index contributed by atoms with van der Waals surface area (Å²) in [5, 5.41) is 0. The molecule has 0 aromatic rings. The zero-order valence-corrected chi connectivity index (χ0v) is 10.0. The summed E-state index contributed by atoms with van der Waals surface area (Å²) in [5.41, 5.74) is 0. The standard InChI is InChI=1S/Mg.2Se.Zn/q+2;2*-2;+2. The third-order valence-electron chi connectivity index (χ3n) is 0. The molecule has 0 heterocycles. The van der Waals surface area contributed by atoms with Crippen molar-refractivity contribution in [2.24, 2.45) is 0 Å². The molecule has 4 heteroatoms. The Morgan fingerprint density at radius 1 is 0.750 bits per heavy atom. The zero-order valence-electron chi connectivity index (χ0n) is 2.23. The summed E-state index contributed by atoms with van der Waals surface area (Å²) in [4.78, 5) is 0. The molecule has 0 aromatic heterocycles. The molecule has 0 spiro atoms. The van der Waals surface area contributed by atoms with Crippen molar-refractivity contribution in [3.63, 3.8) is 0 Å². The van der Waals surface area contributed by atoms with Gasteiger partial charge in [0.2, 0.25) is 0 Å². The third kappa shape index (κ3) is 8.83. The van der Waals surface area contributed by atoms with Gasteiger partial charge < -0.3 is 34.1 Å². The molecule has 4 heavy (non-hydrogen) atoms. The van der Waals surface area contributed by atoms with E-state index in [-0.39, 0.29) is 76.7 Å². The normalized spacial score (nSPS) is 0. The van der Waals surface area contributed by atoms with E-state index in [0.29, 0.717) is 0 Å². The molecule has 0 aliphatic heterocycles. The Labute approximate surface area is 75.7 Å². The van der Waals surface area contributed by atoms with Crippen molar-refractivity contribution in [3.8, 4) is 0 Å². The maximum atomic E-state index is 0. The molecule has 0 fully saturated rings. The Morgan fingerprint density at radius 3 is 0.750 bits per heavy atom. The molecule has 0 bridgehead atoms. The van der Waals surface area contributed by atoms with Gasteiger partial charge in [-0.15, -0.1) is 0 Å². The summed E-state index contributed by atoms with van der Waals surface area (Å²) in [5.74, 6) is 0. The summed E-state index contributed by atoms with van der Waals surface area (Å²) in [6.07, 6.45) is 0. The molecule has 0 atom stereocenters. The predicted molar refractivity (Wildman–Crippen MR) is 17.3 cm³/mol. The molecule has 0 unspecified atom stereocenters. The van der Waals surface area contributed by atoms with Gasteiger partial charge in [0.25, 0.3) is 0 Å². The van der Waals surface area contributed by atoms with Gasteiger partial charge in [-0.3, -0.25) is 0 Å². The smallest absolute Gasteiger partial charge is 2.00 e. The maximum Gasteiger partial charge on any atom is 2.00 e. The van der Waals surface area contributed by atoms with Crippen molar-refractivity contribution in [3.05, 3.63) is 0 Å². The van der Waals surface area contributed by atoms with Gasteiger partial charge in [0.05, 0.1) is 0 Å². The van der Waals surface area contributed by atoms with Gasteiger partial charge in [-0.25, -0.2) is 0 Å². The molecule has 0 rings (SSSR count). The van der Waals surface area contributed by atoms with E-state index in [0.717, 1.165) is 0 Å². The molecule has 0 aromatic carbocycles. The van der Waals surface area contributed by atoms with Crippen LogP contribution in [0, 0.1) is 0 Å². The van der Waals surface area contributed by atoms with Crippen LogP contribution in [0.1, 0.15) is 0 Å². The van der Waals surface area contributed by atoms with E-state index in [1.54, 1.807) is 0 Å². The fourth-order valence-electron chi connectivity index (χ4n) is 0. The van der Waals surface area contributed by atoms with Crippen LogP contribution < -0.4 is 0 Å². The minimum absolute atomic E-state index is 0. The van der Waals surface area contributed by atoms with Crippen molar-refractivity contribution >= 4 is 57.2 Å². The largest absolute Gasteiger partial charge is 2.00 e. The van der Waals surface area contributed by atoms with Gasteiger partial charge in [0.15, 0.2) is 0 Å². The van der Waals surface area contributed by atoms with E-state index in [9.17, 15) is 0 Å². The van der Waals surface area contributed by atoms with Crippen LogP contribution in [0.25, 0.3) is 0 Å². The fourth-order valence-corrected chi connectivity index (χ4v) is 0. The van der Waals surface area contributed by atoms with Gasteiger partial charge in [0.1, 0.15) is 0 Å². The average Bonchev–Trinajstić information content (AvgIpc) is 0. The zero-order chi connectivity index (χ0) is 0. The average molecular weight is 248 g/mol. The first kappa shape index (κ1) is 32.1. The van der Waals surface area contributed by atoms with E-state index in [2.05, 4.69) is 0 Å². The number of hydrogen-bond donors (Lipinski definition) is 0. The summed E-state index contributed by atoms with van der Waals surface area (Å²) in [6, 6.07) is 0. The van der Waals surface area contributed by atoms with Crippen molar-refractivity contribution < 1.29 is 19.5 Å². The van der Waals surface area contributed by atoms with Crippen LogP contribution in [0.5, 0.6) is 0 Å². The second kappa shape index (κ2) is 18.1. The minimum atomic E-state index is 0. The van der Waals surface area contributed by atoms with Crippen LogP contribution in [-0.4, -0.2) is 57.2 Å². The van der Waals surface area contributed by atoms with E-state index < -0.39 is 0 Å². The molecule has 0 amide bonds. The second-order valence-electron chi connectivity index (χ2n) is 0. The van der Waals surface area contributed by atoms with E-state index in [1.165, 1.54) is 0 Å². The van der Waals surface area contributed by atoms with Gasteiger partial charge >= 0.3 is 42.5 Å². The Kier molecular flexibility index (Phi) is 145. The first-order valence-corrected chi connectivity index (χ1v) is 0. The van der Waals surface area contributed by atoms with Crippen LogP contribution in [0.3, 0.4) is 0 Å². The summed E-state index contributed by atoms with van der Waals surface area (Å²) >= 11 is 0. The van der Waals surface area contributed by atoms with Crippen molar-refractivity contribution in [2.45, 2.75) is 0 Å². The Morgan fingerprint density at radius 2 is 0.750 bits per heavy atom. The molecule has 0 aliphatic carbocycles. The molecule has 0 radical (unpaired) electrons. The van der Waals surface area contributed by atoms with Crippen molar-refractivity contribution in [1.82, 2.24) is 0 Å². The summed E-state index contributed by atoms with van der Waals surface area (Å²) in [6.45, 7) is 0. The Hall–Kier alpha value is 2.43. The molecule has 16 valence electrons. The van der Waals surface area contributed by atoms with Crippen LogP contribution in [0.15, 0.2) is 0 Å². The Balaban J connectivity index is 0. The van der Waals surface area contributed by atoms with E-state index in [1.807, 2.05) is 0 Å². The van der Waals surface area contributed by atoms with Crippen molar-refractivity contribution in [2.75, 3.05) is 0 Å². The van der Waals surface area contributed by atoms with Gasteiger partial charge in [-0.2, -0.15) is 0 Å². The first-order valence-electron chi connectivity index (χ1n) is 0. The van der Waals surface area contributed by atoms with Crippen LogP contribution in [0.4, 0.5) is 0 Å². The molecule has 0 nitrogen and oxygen atoms in total. The van der Waals surface area contributed by atoms with Crippen molar-refractivity contribution in [1.29, 1.82) is 0 Å². The van der Waals surface area contributed by atoms with Crippen LogP contribution >= 0.6 is 0 Å². The minimum Gasteiger partial charge on any atom is -2.00 e. The van der Waals surface area contributed by atoms with Crippen LogP contribution in [0.2, 0.25) is 0 Å². The maximum absolute atomic E-state index is 0. The quantitative estimate of drug-likeness (QED) is 0.475. The van der Waals surface area contributed by atoms with Gasteiger partial charge in [0, 0.05) is 0 Å². The Bertz CT molecular complexity index is 6.00. The van der Waals surface area contributed by atoms with E-state index in [4.69, 9.17) is 0 Å². The molecular weight excluding hydrogens is 248 g/mol. The monoisotopic (exact) mass is 248 g/mol. The number of hydrogen-bond acceptors (Lipinski definition) is 0. The van der Waals surface area contributed by atoms with Gasteiger partial charge in [-0.05, 0) is 0 Å². The number of rotatable bonds is 0. The fraction of sp³-hybridized carbons (Fsp3) is 0. The molecule has 0 aliphatic rings. The van der Waals surface area contributed by atoms with E-state index >= 15 is 0 Å². The van der Waals surface area contributed by atoms with Gasteiger partial charge in [-0.1, -0.05) is 0 Å².